The summed E-state index contributed by atoms with van der Waals surface area (Å²) in [5.41, 5.74) is 1.18. The van der Waals surface area contributed by atoms with E-state index in [1.165, 1.54) is 0 Å². The highest BCUT2D eigenvalue weighted by Gasteiger charge is 2.30. The summed E-state index contributed by atoms with van der Waals surface area (Å²) in [5, 5.41) is 19.1. The Morgan fingerprint density at radius 3 is 2.74 bits per heavy atom. The Kier molecular flexibility index (Phi) is 3.80. The summed E-state index contributed by atoms with van der Waals surface area (Å²) in [6.45, 7) is 5.06. The largest absolute Gasteiger partial charge is 0.481 e. The molecular formula is C15H21NO3. The van der Waals surface area contributed by atoms with Gasteiger partial charge in [-0.1, -0.05) is 18.2 Å². The number of benzene rings is 1. The van der Waals surface area contributed by atoms with Crippen LogP contribution < -0.4 is 4.90 Å². The monoisotopic (exact) mass is 263 g/mol. The van der Waals surface area contributed by atoms with Crippen LogP contribution in [0, 0.1) is 0 Å². The number of hydrogen-bond acceptors (Lipinski definition) is 3. The minimum Gasteiger partial charge on any atom is -0.481 e. The number of hydrogen-bond donors (Lipinski definition) is 2. The molecule has 1 aliphatic rings. The van der Waals surface area contributed by atoms with E-state index < -0.39 is 17.5 Å². The SMILES string of the molecule is CC(C)(O)CCN1CCC(C(=O)O)c2ccccc21. The van der Waals surface area contributed by atoms with Gasteiger partial charge in [0.05, 0.1) is 11.5 Å². The molecule has 4 heteroatoms. The smallest absolute Gasteiger partial charge is 0.311 e. The van der Waals surface area contributed by atoms with Crippen LogP contribution in [0.15, 0.2) is 24.3 Å². The van der Waals surface area contributed by atoms with Gasteiger partial charge in [0.15, 0.2) is 0 Å². The molecule has 1 aromatic carbocycles. The highest BCUT2D eigenvalue weighted by atomic mass is 16.4. The molecule has 104 valence electrons. The molecule has 0 radical (unpaired) electrons. The zero-order chi connectivity index (χ0) is 14.0. The van der Waals surface area contributed by atoms with E-state index in [1.807, 2.05) is 24.3 Å². The number of para-hydroxylation sites is 1. The standard InChI is InChI=1S/C15H21NO3/c1-15(2,19)8-10-16-9-7-12(14(17)18)11-5-3-4-6-13(11)16/h3-6,12,19H,7-10H2,1-2H3,(H,17,18). The number of anilines is 1. The average Bonchev–Trinajstić information content (AvgIpc) is 2.34. The second-order valence-electron chi connectivity index (χ2n) is 5.79. The molecule has 2 rings (SSSR count). The maximum Gasteiger partial charge on any atom is 0.311 e. The second kappa shape index (κ2) is 5.21. The fraction of sp³-hybridized carbons (Fsp3) is 0.533. The van der Waals surface area contributed by atoms with Gasteiger partial charge >= 0.3 is 5.97 Å². The highest BCUT2D eigenvalue weighted by Crippen LogP contribution is 2.35. The van der Waals surface area contributed by atoms with Gasteiger partial charge in [-0.05, 0) is 38.3 Å². The quantitative estimate of drug-likeness (QED) is 0.874. The molecule has 1 atom stereocenters. The number of carbonyl (C=O) groups is 1. The first-order chi connectivity index (χ1) is 8.88. The third-order valence-corrected chi connectivity index (χ3v) is 3.63. The molecule has 0 bridgehead atoms. The van der Waals surface area contributed by atoms with Crippen LogP contribution in [0.25, 0.3) is 0 Å². The molecule has 0 aromatic heterocycles. The lowest BCUT2D eigenvalue weighted by Gasteiger charge is -2.35. The molecule has 1 aromatic rings. The Bertz CT molecular complexity index is 465. The van der Waals surface area contributed by atoms with E-state index in [1.54, 1.807) is 13.8 Å². The normalized spacial score (nSPS) is 19.1. The van der Waals surface area contributed by atoms with Gasteiger partial charge in [0.2, 0.25) is 0 Å². The van der Waals surface area contributed by atoms with Crippen molar-refractivity contribution in [3.63, 3.8) is 0 Å². The fourth-order valence-electron chi connectivity index (χ4n) is 2.53. The Morgan fingerprint density at radius 2 is 2.11 bits per heavy atom. The van der Waals surface area contributed by atoms with Crippen molar-refractivity contribution in [1.82, 2.24) is 0 Å². The lowest BCUT2D eigenvalue weighted by Crippen LogP contribution is -2.37. The van der Waals surface area contributed by atoms with E-state index in [2.05, 4.69) is 4.90 Å². The maximum atomic E-state index is 11.3. The lowest BCUT2D eigenvalue weighted by atomic mass is 9.89. The molecular weight excluding hydrogens is 242 g/mol. The first kappa shape index (κ1) is 13.9. The number of carboxylic acids is 1. The van der Waals surface area contributed by atoms with Gasteiger partial charge in [0.1, 0.15) is 0 Å². The van der Waals surface area contributed by atoms with Gasteiger partial charge in [-0.2, -0.15) is 0 Å². The first-order valence-corrected chi connectivity index (χ1v) is 6.67. The summed E-state index contributed by atoms with van der Waals surface area (Å²) in [5.74, 6) is -1.16. The van der Waals surface area contributed by atoms with Crippen molar-refractivity contribution >= 4 is 11.7 Å². The summed E-state index contributed by atoms with van der Waals surface area (Å²) in [4.78, 5) is 13.5. The van der Waals surface area contributed by atoms with Gasteiger partial charge in [0.25, 0.3) is 0 Å². The Hall–Kier alpha value is -1.55. The van der Waals surface area contributed by atoms with Crippen molar-refractivity contribution in [2.75, 3.05) is 18.0 Å². The fourth-order valence-corrected chi connectivity index (χ4v) is 2.53. The van der Waals surface area contributed by atoms with Crippen LogP contribution in [0.5, 0.6) is 0 Å². The van der Waals surface area contributed by atoms with Gasteiger partial charge in [-0.15, -0.1) is 0 Å². The predicted molar refractivity (Wildman–Crippen MR) is 74.6 cm³/mol. The van der Waals surface area contributed by atoms with Crippen LogP contribution in [0.4, 0.5) is 5.69 Å². The lowest BCUT2D eigenvalue weighted by molar-refractivity contribution is -0.139. The molecule has 1 heterocycles. The molecule has 4 nitrogen and oxygen atoms in total. The van der Waals surface area contributed by atoms with Crippen molar-refractivity contribution in [1.29, 1.82) is 0 Å². The van der Waals surface area contributed by atoms with Crippen LogP contribution in [0.3, 0.4) is 0 Å². The zero-order valence-corrected chi connectivity index (χ0v) is 11.5. The van der Waals surface area contributed by atoms with Crippen LogP contribution in [-0.2, 0) is 4.79 Å². The molecule has 0 saturated heterocycles. The summed E-state index contributed by atoms with van der Waals surface area (Å²) in [6.07, 6.45) is 1.29. The number of carboxylic acid groups (broad SMARTS) is 1. The molecule has 0 saturated carbocycles. The van der Waals surface area contributed by atoms with E-state index in [0.717, 1.165) is 24.3 Å². The summed E-state index contributed by atoms with van der Waals surface area (Å²) >= 11 is 0. The van der Waals surface area contributed by atoms with Gasteiger partial charge in [0, 0.05) is 18.8 Å². The number of aliphatic carboxylic acids is 1. The topological polar surface area (TPSA) is 60.8 Å². The van der Waals surface area contributed by atoms with Crippen molar-refractivity contribution in [2.45, 2.75) is 38.2 Å². The average molecular weight is 263 g/mol. The van der Waals surface area contributed by atoms with Gasteiger partial charge in [-0.3, -0.25) is 4.79 Å². The van der Waals surface area contributed by atoms with Gasteiger partial charge in [-0.25, -0.2) is 0 Å². The molecule has 1 aliphatic heterocycles. The molecule has 0 aliphatic carbocycles. The maximum absolute atomic E-state index is 11.3. The van der Waals surface area contributed by atoms with Crippen molar-refractivity contribution in [3.8, 4) is 0 Å². The molecule has 0 amide bonds. The second-order valence-corrected chi connectivity index (χ2v) is 5.79. The van der Waals surface area contributed by atoms with Crippen molar-refractivity contribution < 1.29 is 15.0 Å². The third-order valence-electron chi connectivity index (χ3n) is 3.63. The van der Waals surface area contributed by atoms with E-state index in [4.69, 9.17) is 0 Å². The van der Waals surface area contributed by atoms with E-state index in [-0.39, 0.29) is 0 Å². The minimum atomic E-state index is -0.755. The predicted octanol–water partition coefficient (Wildman–Crippen LogP) is 2.23. The molecule has 2 N–H and O–H groups in total. The van der Waals surface area contributed by atoms with Crippen LogP contribution in [-0.4, -0.2) is 34.9 Å². The van der Waals surface area contributed by atoms with E-state index in [9.17, 15) is 15.0 Å². The van der Waals surface area contributed by atoms with Crippen LogP contribution >= 0.6 is 0 Å². The minimum absolute atomic E-state index is 0.408. The molecule has 0 spiro atoms. The number of nitrogens with zero attached hydrogens (tertiary/aromatic N) is 1. The van der Waals surface area contributed by atoms with Gasteiger partial charge < -0.3 is 15.1 Å². The number of rotatable bonds is 4. The van der Waals surface area contributed by atoms with Crippen LogP contribution in [0.1, 0.15) is 38.2 Å². The first-order valence-electron chi connectivity index (χ1n) is 6.67. The summed E-state index contributed by atoms with van der Waals surface area (Å²) in [7, 11) is 0. The molecule has 19 heavy (non-hydrogen) atoms. The number of aliphatic hydroxyl groups is 1. The van der Waals surface area contributed by atoms with E-state index in [0.29, 0.717) is 12.8 Å². The van der Waals surface area contributed by atoms with E-state index >= 15 is 0 Å². The number of fused-ring (bicyclic) bond motifs is 1. The summed E-state index contributed by atoms with van der Waals surface area (Å²) in [6, 6.07) is 7.67. The third kappa shape index (κ3) is 3.26. The summed E-state index contributed by atoms with van der Waals surface area (Å²) < 4.78 is 0. The molecule has 1 unspecified atom stereocenters. The Morgan fingerprint density at radius 1 is 1.42 bits per heavy atom. The Balaban J connectivity index is 2.21. The highest BCUT2D eigenvalue weighted by molar-refractivity contribution is 5.80. The van der Waals surface area contributed by atoms with Crippen molar-refractivity contribution in [2.24, 2.45) is 0 Å². The molecule has 0 fully saturated rings. The zero-order valence-electron chi connectivity index (χ0n) is 11.5. The van der Waals surface area contributed by atoms with Crippen molar-refractivity contribution in [3.05, 3.63) is 29.8 Å². The Labute approximate surface area is 113 Å². The van der Waals surface area contributed by atoms with Crippen LogP contribution in [0.2, 0.25) is 0 Å².